The first-order valence-corrected chi connectivity index (χ1v) is 11.9. The Balaban J connectivity index is 1.50. The van der Waals surface area contributed by atoms with Crippen molar-refractivity contribution in [1.82, 2.24) is 15.2 Å². The van der Waals surface area contributed by atoms with E-state index in [-0.39, 0.29) is 5.75 Å². The molecule has 160 valence electrons. The fourth-order valence-electron chi connectivity index (χ4n) is 3.30. The SMILES string of the molecule is Oc1ccc([C@H]2Nc3ccccc3-c3nnc(SCc4ccccc4Cl)nc3O2)cc1Br. The minimum atomic E-state index is -0.535. The normalized spacial score (nSPS) is 14.5. The number of para-hydroxylation sites is 1. The molecule has 0 bridgehead atoms. The third-order valence-electron chi connectivity index (χ3n) is 4.92. The highest BCUT2D eigenvalue weighted by Gasteiger charge is 2.26. The van der Waals surface area contributed by atoms with Crippen molar-refractivity contribution in [1.29, 1.82) is 0 Å². The van der Waals surface area contributed by atoms with Crippen LogP contribution in [-0.4, -0.2) is 20.3 Å². The van der Waals surface area contributed by atoms with Crippen molar-refractivity contribution in [2.45, 2.75) is 17.1 Å². The van der Waals surface area contributed by atoms with Gasteiger partial charge in [-0.05, 0) is 51.8 Å². The molecule has 0 aliphatic carbocycles. The molecule has 0 fully saturated rings. The van der Waals surface area contributed by atoms with Crippen LogP contribution in [0.15, 0.2) is 76.4 Å². The number of anilines is 1. The molecule has 0 saturated heterocycles. The van der Waals surface area contributed by atoms with E-state index in [1.54, 1.807) is 12.1 Å². The van der Waals surface area contributed by atoms with Crippen molar-refractivity contribution >= 4 is 45.0 Å². The van der Waals surface area contributed by atoms with E-state index in [9.17, 15) is 5.11 Å². The van der Waals surface area contributed by atoms with Crippen LogP contribution in [0.4, 0.5) is 5.69 Å². The van der Waals surface area contributed by atoms with Crippen LogP contribution in [0.2, 0.25) is 5.02 Å². The first-order chi connectivity index (χ1) is 15.6. The van der Waals surface area contributed by atoms with Crippen molar-refractivity contribution in [2.75, 3.05) is 5.32 Å². The molecule has 0 radical (unpaired) electrons. The van der Waals surface area contributed by atoms with Gasteiger partial charge in [0.1, 0.15) is 5.75 Å². The summed E-state index contributed by atoms with van der Waals surface area (Å²) >= 11 is 11.1. The topological polar surface area (TPSA) is 80.2 Å². The van der Waals surface area contributed by atoms with Crippen molar-refractivity contribution < 1.29 is 9.84 Å². The van der Waals surface area contributed by atoms with Gasteiger partial charge >= 0.3 is 0 Å². The first kappa shape index (κ1) is 21.1. The summed E-state index contributed by atoms with van der Waals surface area (Å²) in [5.74, 6) is 1.15. The summed E-state index contributed by atoms with van der Waals surface area (Å²) in [6.07, 6.45) is -0.535. The number of benzene rings is 3. The molecule has 1 aromatic heterocycles. The Bertz CT molecular complexity index is 1310. The number of aromatic hydroxyl groups is 1. The maximum absolute atomic E-state index is 9.87. The average Bonchev–Trinajstić information content (AvgIpc) is 2.97. The number of thioether (sulfide) groups is 1. The number of rotatable bonds is 4. The molecular weight excluding hydrogens is 512 g/mol. The molecule has 9 heteroatoms. The molecular formula is C23H16BrClN4O2S. The van der Waals surface area contributed by atoms with Gasteiger partial charge in [0.25, 0.3) is 0 Å². The van der Waals surface area contributed by atoms with Crippen LogP contribution in [0, 0.1) is 0 Å². The van der Waals surface area contributed by atoms with E-state index in [2.05, 4.69) is 36.4 Å². The average molecular weight is 528 g/mol. The van der Waals surface area contributed by atoms with Gasteiger partial charge in [-0.1, -0.05) is 59.8 Å². The lowest BCUT2D eigenvalue weighted by molar-refractivity contribution is 0.225. The molecule has 5 rings (SSSR count). The third-order valence-corrected chi connectivity index (χ3v) is 6.81. The fraction of sp³-hybridized carbons (Fsp3) is 0.0870. The number of hydrogen-bond donors (Lipinski definition) is 2. The van der Waals surface area contributed by atoms with Crippen LogP contribution in [0.3, 0.4) is 0 Å². The standard InChI is InChI=1S/C23H16BrClN4O2S/c24-16-11-13(9-10-19(16)30)21-26-18-8-4-2-6-15(18)20-22(31-21)27-23(29-28-20)32-12-14-5-1-3-7-17(14)25/h1-11,21,26,30H,12H2/t21-/m0/s1. The van der Waals surface area contributed by atoms with Crippen LogP contribution < -0.4 is 10.1 Å². The number of halogens is 2. The summed E-state index contributed by atoms with van der Waals surface area (Å²) in [5.41, 5.74) is 4.09. The molecule has 0 spiro atoms. The van der Waals surface area contributed by atoms with E-state index in [4.69, 9.17) is 16.3 Å². The Morgan fingerprint density at radius 3 is 2.72 bits per heavy atom. The van der Waals surface area contributed by atoms with Gasteiger partial charge in [0, 0.05) is 27.6 Å². The maximum atomic E-state index is 9.87. The number of aromatic nitrogens is 3. The summed E-state index contributed by atoms with van der Waals surface area (Å²) in [6.45, 7) is 0. The second-order valence-electron chi connectivity index (χ2n) is 7.03. The molecule has 1 aliphatic rings. The van der Waals surface area contributed by atoms with Gasteiger partial charge in [0.2, 0.25) is 11.0 Å². The number of phenolic OH excluding ortho intramolecular Hbond substituents is 1. The van der Waals surface area contributed by atoms with Crippen molar-refractivity contribution in [3.8, 4) is 22.9 Å². The minimum absolute atomic E-state index is 0.158. The quantitative estimate of drug-likeness (QED) is 0.295. The van der Waals surface area contributed by atoms with E-state index in [1.165, 1.54) is 11.8 Å². The van der Waals surface area contributed by atoms with E-state index in [1.807, 2.05) is 54.6 Å². The molecule has 1 aliphatic heterocycles. The zero-order chi connectivity index (χ0) is 22.1. The highest BCUT2D eigenvalue weighted by Crippen LogP contribution is 2.40. The largest absolute Gasteiger partial charge is 0.507 e. The fourth-order valence-corrected chi connectivity index (χ4v) is 4.76. The molecule has 3 aromatic carbocycles. The monoisotopic (exact) mass is 526 g/mol. The van der Waals surface area contributed by atoms with Gasteiger partial charge in [-0.25, -0.2) is 0 Å². The van der Waals surface area contributed by atoms with Gasteiger partial charge in [-0.3, -0.25) is 0 Å². The second-order valence-corrected chi connectivity index (χ2v) is 9.23. The van der Waals surface area contributed by atoms with E-state index in [0.29, 0.717) is 32.0 Å². The van der Waals surface area contributed by atoms with Crippen LogP contribution in [-0.2, 0) is 5.75 Å². The summed E-state index contributed by atoms with van der Waals surface area (Å²) in [5, 5.41) is 23.2. The third kappa shape index (κ3) is 4.26. The molecule has 32 heavy (non-hydrogen) atoms. The molecule has 0 amide bonds. The number of nitrogens with zero attached hydrogens (tertiary/aromatic N) is 3. The van der Waals surface area contributed by atoms with E-state index in [0.717, 1.165) is 22.4 Å². The molecule has 1 atom stereocenters. The van der Waals surface area contributed by atoms with Gasteiger partial charge in [0.15, 0.2) is 11.9 Å². The smallest absolute Gasteiger partial charge is 0.247 e. The van der Waals surface area contributed by atoms with Crippen molar-refractivity contribution in [2.24, 2.45) is 0 Å². The van der Waals surface area contributed by atoms with Crippen molar-refractivity contribution in [3.05, 3.63) is 87.4 Å². The lowest BCUT2D eigenvalue weighted by Crippen LogP contribution is -2.17. The minimum Gasteiger partial charge on any atom is -0.507 e. The van der Waals surface area contributed by atoms with Crippen LogP contribution in [0.1, 0.15) is 17.4 Å². The number of phenols is 1. The molecule has 4 aromatic rings. The Morgan fingerprint density at radius 1 is 1.06 bits per heavy atom. The number of fused-ring (bicyclic) bond motifs is 3. The predicted octanol–water partition coefficient (Wildman–Crippen LogP) is 6.46. The zero-order valence-corrected chi connectivity index (χ0v) is 19.7. The number of nitrogens with one attached hydrogen (secondary N) is 1. The molecule has 0 unspecified atom stereocenters. The highest BCUT2D eigenvalue weighted by atomic mass is 79.9. The highest BCUT2D eigenvalue weighted by molar-refractivity contribution is 9.10. The summed E-state index contributed by atoms with van der Waals surface area (Å²) in [4.78, 5) is 4.66. The predicted molar refractivity (Wildman–Crippen MR) is 129 cm³/mol. The lowest BCUT2D eigenvalue weighted by Gasteiger charge is -2.19. The van der Waals surface area contributed by atoms with Crippen LogP contribution in [0.25, 0.3) is 11.3 Å². The molecule has 2 N–H and O–H groups in total. The van der Waals surface area contributed by atoms with Gasteiger partial charge < -0.3 is 15.2 Å². The van der Waals surface area contributed by atoms with Crippen molar-refractivity contribution in [3.63, 3.8) is 0 Å². The van der Waals surface area contributed by atoms with Gasteiger partial charge in [0.05, 0.1) is 4.47 Å². The van der Waals surface area contributed by atoms with Gasteiger partial charge in [-0.15, -0.1) is 10.2 Å². The lowest BCUT2D eigenvalue weighted by atomic mass is 10.1. The molecule has 6 nitrogen and oxygen atoms in total. The molecule has 0 saturated carbocycles. The Hall–Kier alpha value is -2.81. The first-order valence-electron chi connectivity index (χ1n) is 9.70. The number of hydrogen-bond acceptors (Lipinski definition) is 7. The Morgan fingerprint density at radius 2 is 1.88 bits per heavy atom. The zero-order valence-electron chi connectivity index (χ0n) is 16.5. The maximum Gasteiger partial charge on any atom is 0.247 e. The Kier molecular flexibility index (Phi) is 5.91. The number of ether oxygens (including phenoxy) is 1. The van der Waals surface area contributed by atoms with E-state index < -0.39 is 6.23 Å². The Labute approximate surface area is 202 Å². The summed E-state index contributed by atoms with van der Waals surface area (Å²) in [6, 6.07) is 20.7. The second kappa shape index (κ2) is 8.97. The van der Waals surface area contributed by atoms with E-state index >= 15 is 0 Å². The van der Waals surface area contributed by atoms with Gasteiger partial charge in [-0.2, -0.15) is 4.98 Å². The van der Waals surface area contributed by atoms with Crippen LogP contribution >= 0.6 is 39.3 Å². The summed E-state index contributed by atoms with van der Waals surface area (Å²) in [7, 11) is 0. The van der Waals surface area contributed by atoms with Crippen LogP contribution in [0.5, 0.6) is 11.6 Å². The molecule has 2 heterocycles. The summed E-state index contributed by atoms with van der Waals surface area (Å²) < 4.78 is 6.85.